The molecule has 0 saturated heterocycles. The van der Waals surface area contributed by atoms with Gasteiger partial charge in [0.25, 0.3) is 0 Å². The molecule has 1 aliphatic rings. The number of rotatable bonds is 4. The quantitative estimate of drug-likeness (QED) is 0.849. The molecule has 1 aliphatic carbocycles. The lowest BCUT2D eigenvalue weighted by atomic mass is 9.84. The summed E-state index contributed by atoms with van der Waals surface area (Å²) in [7, 11) is -3.07. The number of fused-ring (bicyclic) bond motifs is 1. The molecular weight excluding hydrogens is 258 g/mol. The van der Waals surface area contributed by atoms with Crippen LogP contribution >= 0.6 is 0 Å². The fraction of sp³-hybridized carbons (Fsp3) is 0.533. The first-order chi connectivity index (χ1) is 8.88. The highest BCUT2D eigenvalue weighted by Gasteiger charge is 2.38. The van der Waals surface area contributed by atoms with Crippen LogP contribution in [0.1, 0.15) is 31.4 Å². The van der Waals surface area contributed by atoms with Crippen molar-refractivity contribution in [2.24, 2.45) is 5.41 Å². The summed E-state index contributed by atoms with van der Waals surface area (Å²) in [6, 6.07) is 10.4. The third kappa shape index (κ3) is 2.82. The monoisotopic (exact) mass is 277 g/mol. The largest absolute Gasteiger partial charge is 0.229 e. The van der Waals surface area contributed by atoms with E-state index in [1.807, 2.05) is 24.3 Å². The Kier molecular flexibility index (Phi) is 3.69. The Morgan fingerprint density at radius 3 is 2.21 bits per heavy atom. The third-order valence-electron chi connectivity index (χ3n) is 4.00. The molecule has 0 heterocycles. The Balaban J connectivity index is 2.14. The lowest BCUT2D eigenvalue weighted by Gasteiger charge is -2.20. The molecule has 0 aromatic heterocycles. The predicted octanol–water partition coefficient (Wildman–Crippen LogP) is 2.51. The summed E-state index contributed by atoms with van der Waals surface area (Å²) in [5.41, 5.74) is 1.84. The first-order valence-corrected chi connectivity index (χ1v) is 8.30. The lowest BCUT2D eigenvalue weighted by molar-refractivity contribution is 0.404. The van der Waals surface area contributed by atoms with E-state index >= 15 is 0 Å². The minimum atomic E-state index is -3.07. The first-order valence-electron chi connectivity index (χ1n) is 6.58. The van der Waals surface area contributed by atoms with Crippen molar-refractivity contribution in [3.63, 3.8) is 0 Å². The van der Waals surface area contributed by atoms with Gasteiger partial charge in [0, 0.05) is 0 Å². The molecule has 0 saturated carbocycles. The number of benzene rings is 1. The number of nitrogens with zero attached hydrogens (tertiary/aromatic N) is 1. The second kappa shape index (κ2) is 4.97. The first kappa shape index (κ1) is 14.1. The highest BCUT2D eigenvalue weighted by atomic mass is 32.2. The van der Waals surface area contributed by atoms with Gasteiger partial charge in [0.2, 0.25) is 0 Å². The molecule has 0 bridgehead atoms. The number of sulfone groups is 1. The Hall–Kier alpha value is -1.34. The van der Waals surface area contributed by atoms with Crippen LogP contribution in [-0.4, -0.2) is 19.4 Å². The van der Waals surface area contributed by atoms with E-state index in [0.717, 1.165) is 0 Å². The molecule has 0 radical (unpaired) electrons. The van der Waals surface area contributed by atoms with Crippen molar-refractivity contribution >= 4 is 9.84 Å². The molecule has 0 amide bonds. The molecule has 0 spiro atoms. The molecule has 0 unspecified atom stereocenters. The SMILES string of the molecule is CC(C)S(=O)(=O)CCC1(C#N)Cc2ccccc2C1. The lowest BCUT2D eigenvalue weighted by Crippen LogP contribution is -2.26. The predicted molar refractivity (Wildman–Crippen MR) is 75.4 cm³/mol. The van der Waals surface area contributed by atoms with Gasteiger partial charge >= 0.3 is 0 Å². The van der Waals surface area contributed by atoms with Gasteiger partial charge in [-0.25, -0.2) is 8.42 Å². The Morgan fingerprint density at radius 2 is 1.79 bits per heavy atom. The van der Waals surface area contributed by atoms with Gasteiger partial charge in [-0.2, -0.15) is 5.26 Å². The van der Waals surface area contributed by atoms with Crippen molar-refractivity contribution in [3.05, 3.63) is 35.4 Å². The van der Waals surface area contributed by atoms with Crippen molar-refractivity contribution in [3.8, 4) is 6.07 Å². The average Bonchev–Trinajstić information content (AvgIpc) is 2.75. The molecule has 3 nitrogen and oxygen atoms in total. The van der Waals surface area contributed by atoms with Crippen molar-refractivity contribution in [2.45, 2.75) is 38.4 Å². The van der Waals surface area contributed by atoms with Gasteiger partial charge in [-0.15, -0.1) is 0 Å². The second-order valence-corrected chi connectivity index (χ2v) is 8.36. The Morgan fingerprint density at radius 1 is 1.26 bits per heavy atom. The zero-order valence-corrected chi connectivity index (χ0v) is 12.2. The highest BCUT2D eigenvalue weighted by Crippen LogP contribution is 2.39. The maximum absolute atomic E-state index is 11.9. The molecule has 0 N–H and O–H groups in total. The molecule has 19 heavy (non-hydrogen) atoms. The minimum Gasteiger partial charge on any atom is -0.229 e. The summed E-state index contributed by atoms with van der Waals surface area (Å²) in [6.07, 6.45) is 1.78. The Labute approximate surface area is 115 Å². The van der Waals surface area contributed by atoms with Crippen molar-refractivity contribution in [1.29, 1.82) is 5.26 Å². The molecule has 2 rings (SSSR count). The molecule has 0 fully saturated rings. The summed E-state index contributed by atoms with van der Waals surface area (Å²) in [5.74, 6) is 0.103. The molecule has 1 aromatic carbocycles. The third-order valence-corrected chi connectivity index (χ3v) is 6.21. The van der Waals surface area contributed by atoms with Crippen LogP contribution in [0.3, 0.4) is 0 Å². The van der Waals surface area contributed by atoms with Gasteiger partial charge in [-0.1, -0.05) is 24.3 Å². The molecule has 102 valence electrons. The fourth-order valence-corrected chi connectivity index (χ4v) is 3.73. The van der Waals surface area contributed by atoms with Crippen LogP contribution < -0.4 is 0 Å². The van der Waals surface area contributed by atoms with Crippen molar-refractivity contribution in [2.75, 3.05) is 5.75 Å². The molecular formula is C15H19NO2S. The van der Waals surface area contributed by atoms with Crippen molar-refractivity contribution < 1.29 is 8.42 Å². The van der Waals surface area contributed by atoms with Gasteiger partial charge in [0.05, 0.1) is 22.5 Å². The van der Waals surface area contributed by atoms with Gasteiger partial charge in [-0.05, 0) is 44.2 Å². The zero-order chi connectivity index (χ0) is 14.1. The topological polar surface area (TPSA) is 57.9 Å². The standard InChI is InChI=1S/C15H19NO2S/c1-12(2)19(17,18)8-7-15(11-16)9-13-5-3-4-6-14(13)10-15/h3-6,12H,7-10H2,1-2H3. The van der Waals surface area contributed by atoms with Crippen LogP contribution in [0.2, 0.25) is 0 Å². The van der Waals surface area contributed by atoms with Gasteiger partial charge < -0.3 is 0 Å². The second-order valence-electron chi connectivity index (χ2n) is 5.68. The van der Waals surface area contributed by atoms with Gasteiger partial charge in [0.1, 0.15) is 0 Å². The van der Waals surface area contributed by atoms with Crippen LogP contribution in [0.4, 0.5) is 0 Å². The van der Waals surface area contributed by atoms with E-state index in [1.165, 1.54) is 11.1 Å². The van der Waals surface area contributed by atoms with Gasteiger partial charge in [0.15, 0.2) is 9.84 Å². The molecule has 4 heteroatoms. The Bertz CT molecular complexity index is 586. The summed E-state index contributed by atoms with van der Waals surface area (Å²) in [5, 5.41) is 9.11. The maximum Gasteiger partial charge on any atom is 0.152 e. The highest BCUT2D eigenvalue weighted by molar-refractivity contribution is 7.91. The minimum absolute atomic E-state index is 0.103. The zero-order valence-electron chi connectivity index (χ0n) is 11.4. The maximum atomic E-state index is 11.9. The van der Waals surface area contributed by atoms with Crippen LogP contribution in [0.25, 0.3) is 0 Å². The number of hydrogen-bond acceptors (Lipinski definition) is 3. The molecule has 0 aliphatic heterocycles. The van der Waals surface area contributed by atoms with E-state index in [2.05, 4.69) is 6.07 Å². The van der Waals surface area contributed by atoms with Crippen LogP contribution in [0, 0.1) is 16.7 Å². The van der Waals surface area contributed by atoms with E-state index in [1.54, 1.807) is 13.8 Å². The normalized spacial score (nSPS) is 17.2. The van der Waals surface area contributed by atoms with Crippen LogP contribution in [0.5, 0.6) is 0 Å². The fourth-order valence-electron chi connectivity index (χ4n) is 2.58. The summed E-state index contributed by atoms with van der Waals surface area (Å²) in [4.78, 5) is 0. The smallest absolute Gasteiger partial charge is 0.152 e. The number of hydrogen-bond donors (Lipinski definition) is 0. The molecule has 1 aromatic rings. The van der Waals surface area contributed by atoms with E-state index in [4.69, 9.17) is 0 Å². The summed E-state index contributed by atoms with van der Waals surface area (Å²) in [6.45, 7) is 3.38. The van der Waals surface area contributed by atoms with Crippen LogP contribution in [0.15, 0.2) is 24.3 Å². The van der Waals surface area contributed by atoms with Gasteiger partial charge in [-0.3, -0.25) is 0 Å². The van der Waals surface area contributed by atoms with E-state index in [0.29, 0.717) is 19.3 Å². The van der Waals surface area contributed by atoms with E-state index in [-0.39, 0.29) is 11.0 Å². The molecule has 0 atom stereocenters. The average molecular weight is 277 g/mol. The number of nitriles is 1. The summed E-state index contributed by atoms with van der Waals surface area (Å²) < 4.78 is 23.8. The van der Waals surface area contributed by atoms with E-state index < -0.39 is 15.3 Å². The van der Waals surface area contributed by atoms with Crippen molar-refractivity contribution in [1.82, 2.24) is 0 Å². The summed E-state index contributed by atoms with van der Waals surface area (Å²) >= 11 is 0. The van der Waals surface area contributed by atoms with E-state index in [9.17, 15) is 13.7 Å². The van der Waals surface area contributed by atoms with Crippen LogP contribution in [-0.2, 0) is 22.7 Å².